The van der Waals surface area contributed by atoms with Crippen molar-refractivity contribution in [3.05, 3.63) is 35.9 Å². The first-order valence-corrected chi connectivity index (χ1v) is 8.15. The normalized spacial score (nSPS) is 12.6. The monoisotopic (exact) mass is 282 g/mol. The van der Waals surface area contributed by atoms with Gasteiger partial charge in [0.1, 0.15) is 0 Å². The summed E-state index contributed by atoms with van der Waals surface area (Å²) in [6.45, 7) is 4.33. The maximum Gasteiger partial charge on any atom is 0.175 e. The van der Waals surface area contributed by atoms with E-state index in [-0.39, 0.29) is 0 Å². The Morgan fingerprint density at radius 3 is 2.59 bits per heavy atom. The molecule has 2 aromatic rings. The van der Waals surface area contributed by atoms with Gasteiger partial charge in [0.05, 0.1) is 0 Å². The third-order valence-electron chi connectivity index (χ3n) is 2.20. The fourth-order valence-corrected chi connectivity index (χ4v) is 4.56. The molecule has 1 atom stereocenters. The molecule has 1 aromatic carbocycles. The zero-order valence-electron chi connectivity index (χ0n) is 9.79. The maximum atomic E-state index is 4.21. The van der Waals surface area contributed by atoms with Gasteiger partial charge in [0, 0.05) is 5.25 Å². The van der Waals surface area contributed by atoms with Crippen LogP contribution >= 0.6 is 34.9 Å². The molecule has 0 fully saturated rings. The fourth-order valence-electron chi connectivity index (χ4n) is 1.37. The second-order valence-corrected chi connectivity index (χ2v) is 7.51. The maximum absolute atomic E-state index is 4.21. The lowest BCUT2D eigenvalue weighted by Crippen LogP contribution is -1.86. The van der Waals surface area contributed by atoms with Gasteiger partial charge in [-0.2, -0.15) is 0 Å². The molecule has 0 aliphatic carbocycles. The van der Waals surface area contributed by atoms with Crippen molar-refractivity contribution >= 4 is 34.9 Å². The number of rotatable bonds is 5. The van der Waals surface area contributed by atoms with E-state index in [9.17, 15) is 0 Å². The van der Waals surface area contributed by atoms with Crippen LogP contribution in [0.25, 0.3) is 0 Å². The second-order valence-electron chi connectivity index (χ2n) is 3.44. The summed E-state index contributed by atoms with van der Waals surface area (Å²) in [5.41, 5.74) is 1.33. The average Bonchev–Trinajstić information content (AvgIpc) is 2.78. The lowest BCUT2D eigenvalue weighted by atomic mass is 10.2. The van der Waals surface area contributed by atoms with E-state index in [2.05, 4.69) is 48.3 Å². The van der Waals surface area contributed by atoms with Crippen LogP contribution in [0.3, 0.4) is 0 Å². The van der Waals surface area contributed by atoms with Gasteiger partial charge in [-0.3, -0.25) is 0 Å². The highest BCUT2D eigenvalue weighted by Crippen LogP contribution is 2.37. The van der Waals surface area contributed by atoms with E-state index in [0.29, 0.717) is 5.25 Å². The average molecular weight is 282 g/mol. The van der Waals surface area contributed by atoms with E-state index in [0.717, 1.165) is 14.4 Å². The molecular weight excluding hydrogens is 268 g/mol. The molecule has 0 bridgehead atoms. The van der Waals surface area contributed by atoms with E-state index in [1.54, 1.807) is 34.9 Å². The Bertz CT molecular complexity index is 456. The van der Waals surface area contributed by atoms with E-state index in [1.807, 2.05) is 6.07 Å². The summed E-state index contributed by atoms with van der Waals surface area (Å²) in [4.78, 5) is 0. The summed E-state index contributed by atoms with van der Waals surface area (Å²) in [6.07, 6.45) is 0. The van der Waals surface area contributed by atoms with Gasteiger partial charge in [0.25, 0.3) is 0 Å². The highest BCUT2D eigenvalue weighted by molar-refractivity contribution is 8.03. The Hall–Kier alpha value is -0.520. The van der Waals surface area contributed by atoms with Crippen molar-refractivity contribution < 1.29 is 0 Å². The molecule has 0 radical (unpaired) electrons. The van der Waals surface area contributed by atoms with Crippen LogP contribution in [0, 0.1) is 0 Å². The smallest absolute Gasteiger partial charge is 0.131 e. The molecule has 1 unspecified atom stereocenters. The Labute approximate surface area is 114 Å². The highest BCUT2D eigenvalue weighted by Gasteiger charge is 2.11. The van der Waals surface area contributed by atoms with Crippen LogP contribution in [0.1, 0.15) is 24.7 Å². The van der Waals surface area contributed by atoms with Gasteiger partial charge >= 0.3 is 0 Å². The van der Waals surface area contributed by atoms with Crippen LogP contribution in [0.15, 0.2) is 39.0 Å². The molecule has 2 nitrogen and oxygen atoms in total. The lowest BCUT2D eigenvalue weighted by Gasteiger charge is -2.08. The molecule has 0 amide bonds. The quantitative estimate of drug-likeness (QED) is 0.754. The van der Waals surface area contributed by atoms with Gasteiger partial charge in [-0.05, 0) is 18.2 Å². The van der Waals surface area contributed by atoms with Crippen molar-refractivity contribution in [2.24, 2.45) is 0 Å². The first-order valence-electron chi connectivity index (χ1n) is 5.47. The zero-order chi connectivity index (χ0) is 12.1. The molecule has 17 heavy (non-hydrogen) atoms. The molecule has 2 rings (SSSR count). The number of nitrogens with zero attached hydrogens (tertiary/aromatic N) is 2. The van der Waals surface area contributed by atoms with Gasteiger partial charge in [-0.1, -0.05) is 72.1 Å². The third kappa shape index (κ3) is 3.72. The molecule has 0 aliphatic rings. The minimum absolute atomic E-state index is 0.420. The molecule has 0 saturated carbocycles. The molecule has 1 heterocycles. The van der Waals surface area contributed by atoms with E-state index >= 15 is 0 Å². The summed E-state index contributed by atoms with van der Waals surface area (Å²) in [5, 5.41) is 8.79. The van der Waals surface area contributed by atoms with E-state index in [1.165, 1.54) is 5.56 Å². The number of aromatic nitrogens is 2. The van der Waals surface area contributed by atoms with Crippen molar-refractivity contribution in [2.75, 3.05) is 5.75 Å². The molecule has 0 saturated heterocycles. The SMILES string of the molecule is CCSc1nnc(SC(C)c2ccccc2)s1. The first-order chi connectivity index (χ1) is 8.29. The Morgan fingerprint density at radius 1 is 1.18 bits per heavy atom. The van der Waals surface area contributed by atoms with Gasteiger partial charge in [0.15, 0.2) is 8.68 Å². The van der Waals surface area contributed by atoms with Crippen LogP contribution in [0.4, 0.5) is 0 Å². The van der Waals surface area contributed by atoms with Crippen molar-refractivity contribution in [2.45, 2.75) is 27.8 Å². The van der Waals surface area contributed by atoms with Crippen LogP contribution in [-0.2, 0) is 0 Å². The van der Waals surface area contributed by atoms with Crippen molar-refractivity contribution in [1.82, 2.24) is 10.2 Å². The van der Waals surface area contributed by atoms with Gasteiger partial charge < -0.3 is 0 Å². The predicted molar refractivity (Wildman–Crippen MR) is 77.0 cm³/mol. The van der Waals surface area contributed by atoms with Crippen LogP contribution in [0.5, 0.6) is 0 Å². The summed E-state index contributed by atoms with van der Waals surface area (Å²) in [7, 11) is 0. The molecule has 0 aliphatic heterocycles. The molecule has 90 valence electrons. The second kappa shape index (κ2) is 6.42. The Kier molecular flexibility index (Phi) is 4.88. The topological polar surface area (TPSA) is 25.8 Å². The summed E-state index contributed by atoms with van der Waals surface area (Å²) < 4.78 is 2.12. The first kappa shape index (κ1) is 12.9. The number of hydrogen-bond acceptors (Lipinski definition) is 5. The Morgan fingerprint density at radius 2 is 1.88 bits per heavy atom. The summed E-state index contributed by atoms with van der Waals surface area (Å²) in [5.74, 6) is 1.05. The zero-order valence-corrected chi connectivity index (χ0v) is 12.2. The minimum atomic E-state index is 0.420. The van der Waals surface area contributed by atoms with Crippen LogP contribution < -0.4 is 0 Å². The molecule has 5 heteroatoms. The highest BCUT2D eigenvalue weighted by atomic mass is 32.2. The van der Waals surface area contributed by atoms with Gasteiger partial charge in [-0.25, -0.2) is 0 Å². The molecule has 0 N–H and O–H groups in total. The van der Waals surface area contributed by atoms with Gasteiger partial charge in [0.2, 0.25) is 0 Å². The van der Waals surface area contributed by atoms with Crippen molar-refractivity contribution in [3.8, 4) is 0 Å². The van der Waals surface area contributed by atoms with Crippen molar-refractivity contribution in [1.29, 1.82) is 0 Å². The van der Waals surface area contributed by atoms with Crippen molar-refractivity contribution in [3.63, 3.8) is 0 Å². The number of thioether (sulfide) groups is 2. The van der Waals surface area contributed by atoms with E-state index < -0.39 is 0 Å². The summed E-state index contributed by atoms with van der Waals surface area (Å²) in [6, 6.07) is 10.5. The fraction of sp³-hybridized carbons (Fsp3) is 0.333. The Balaban J connectivity index is 2.00. The van der Waals surface area contributed by atoms with Crippen LogP contribution in [-0.4, -0.2) is 16.0 Å². The molecular formula is C12H14N2S3. The standard InChI is InChI=1S/C12H14N2S3/c1-3-15-11-13-14-12(17-11)16-9(2)10-7-5-4-6-8-10/h4-9H,3H2,1-2H3. The number of benzene rings is 1. The molecule has 0 spiro atoms. The molecule has 1 aromatic heterocycles. The minimum Gasteiger partial charge on any atom is -0.131 e. The van der Waals surface area contributed by atoms with Gasteiger partial charge in [-0.15, -0.1) is 10.2 Å². The van der Waals surface area contributed by atoms with Crippen LogP contribution in [0.2, 0.25) is 0 Å². The predicted octanol–water partition coefficient (Wildman–Crippen LogP) is 4.50. The lowest BCUT2D eigenvalue weighted by molar-refractivity contribution is 0.949. The largest absolute Gasteiger partial charge is 0.175 e. The van der Waals surface area contributed by atoms with E-state index in [4.69, 9.17) is 0 Å². The number of hydrogen-bond donors (Lipinski definition) is 0. The third-order valence-corrected chi connectivity index (χ3v) is 5.38. The summed E-state index contributed by atoms with van der Waals surface area (Å²) >= 11 is 5.21.